The molecule has 0 bridgehead atoms. The molecule has 1 aromatic rings. The number of anilines is 1. The zero-order valence-corrected chi connectivity index (χ0v) is 10.2. The second-order valence-corrected chi connectivity index (χ2v) is 4.28. The van der Waals surface area contributed by atoms with Crippen molar-refractivity contribution in [1.29, 1.82) is 0 Å². The van der Waals surface area contributed by atoms with E-state index < -0.39 is 5.54 Å². The number of hydrogen-bond donors (Lipinski definition) is 3. The Morgan fingerprint density at radius 2 is 2.12 bits per heavy atom. The molecule has 0 aromatic carbocycles. The van der Waals surface area contributed by atoms with E-state index in [2.05, 4.69) is 15.6 Å². The number of carbonyl (C=O) groups excluding carboxylic acids is 1. The van der Waals surface area contributed by atoms with Crippen molar-refractivity contribution in [1.82, 2.24) is 10.3 Å². The molecule has 0 fully saturated rings. The summed E-state index contributed by atoms with van der Waals surface area (Å²) in [4.78, 5) is 15.6. The van der Waals surface area contributed by atoms with Gasteiger partial charge < -0.3 is 15.7 Å². The van der Waals surface area contributed by atoms with Gasteiger partial charge in [0.15, 0.2) is 0 Å². The molecule has 5 nitrogen and oxygen atoms in total. The first-order valence-electron chi connectivity index (χ1n) is 5.69. The number of aliphatic hydroxyl groups is 1. The molecular weight excluding hydrogens is 218 g/mol. The normalized spacial score (nSPS) is 13.8. The van der Waals surface area contributed by atoms with Gasteiger partial charge in [0, 0.05) is 18.1 Å². The maximum absolute atomic E-state index is 11.7. The van der Waals surface area contributed by atoms with Crippen molar-refractivity contribution in [3.63, 3.8) is 0 Å². The van der Waals surface area contributed by atoms with Gasteiger partial charge in [-0.2, -0.15) is 0 Å². The first kappa shape index (κ1) is 13.4. The minimum atomic E-state index is -0.578. The molecule has 1 unspecified atom stereocenters. The smallest absolute Gasteiger partial charge is 0.319 e. The van der Waals surface area contributed by atoms with Gasteiger partial charge in [-0.15, -0.1) is 0 Å². The van der Waals surface area contributed by atoms with Crippen LogP contribution >= 0.6 is 0 Å². The van der Waals surface area contributed by atoms with Crippen molar-refractivity contribution in [3.8, 4) is 0 Å². The van der Waals surface area contributed by atoms with Gasteiger partial charge in [-0.05, 0) is 25.5 Å². The molecular formula is C12H19N3O2. The second kappa shape index (κ2) is 6.20. The zero-order valence-electron chi connectivity index (χ0n) is 10.2. The minimum absolute atomic E-state index is 0.0788. The van der Waals surface area contributed by atoms with Crippen LogP contribution in [0.15, 0.2) is 24.5 Å². The molecule has 0 saturated carbocycles. The van der Waals surface area contributed by atoms with Crippen molar-refractivity contribution in [2.24, 2.45) is 0 Å². The molecule has 0 radical (unpaired) electrons. The third kappa shape index (κ3) is 4.40. The molecule has 0 saturated heterocycles. The number of pyridine rings is 1. The van der Waals surface area contributed by atoms with Gasteiger partial charge in [-0.3, -0.25) is 4.98 Å². The fourth-order valence-electron chi connectivity index (χ4n) is 1.60. The second-order valence-electron chi connectivity index (χ2n) is 4.28. The lowest BCUT2D eigenvalue weighted by Gasteiger charge is -2.28. The first-order valence-corrected chi connectivity index (χ1v) is 5.69. The summed E-state index contributed by atoms with van der Waals surface area (Å²) in [5.74, 6) is 0. The van der Waals surface area contributed by atoms with Crippen LogP contribution in [0.1, 0.15) is 26.7 Å². The van der Waals surface area contributed by atoms with E-state index in [0.29, 0.717) is 5.69 Å². The lowest BCUT2D eigenvalue weighted by Crippen LogP contribution is -2.50. The summed E-state index contributed by atoms with van der Waals surface area (Å²) in [7, 11) is 0. The fourth-order valence-corrected chi connectivity index (χ4v) is 1.60. The Hall–Kier alpha value is -1.62. The Morgan fingerprint density at radius 1 is 1.47 bits per heavy atom. The van der Waals surface area contributed by atoms with E-state index in [1.54, 1.807) is 24.5 Å². The van der Waals surface area contributed by atoms with Crippen molar-refractivity contribution < 1.29 is 9.90 Å². The highest BCUT2D eigenvalue weighted by atomic mass is 16.3. The van der Waals surface area contributed by atoms with Gasteiger partial charge in [0.25, 0.3) is 0 Å². The van der Waals surface area contributed by atoms with Gasteiger partial charge in [-0.25, -0.2) is 4.79 Å². The topological polar surface area (TPSA) is 74.2 Å². The summed E-state index contributed by atoms with van der Waals surface area (Å²) in [5.41, 5.74) is 0.0978. The van der Waals surface area contributed by atoms with Gasteiger partial charge in [0.1, 0.15) is 0 Å². The third-order valence-corrected chi connectivity index (χ3v) is 2.50. The molecule has 0 aliphatic heterocycles. The molecule has 3 N–H and O–H groups in total. The molecule has 2 amide bonds. The predicted molar refractivity (Wildman–Crippen MR) is 66.8 cm³/mol. The quantitative estimate of drug-likeness (QED) is 0.730. The molecule has 1 atom stereocenters. The van der Waals surface area contributed by atoms with Crippen LogP contribution in [0.5, 0.6) is 0 Å². The zero-order chi connectivity index (χ0) is 12.7. The van der Waals surface area contributed by atoms with Crippen LogP contribution in [0.25, 0.3) is 0 Å². The summed E-state index contributed by atoms with van der Waals surface area (Å²) >= 11 is 0. The highest BCUT2D eigenvalue weighted by molar-refractivity contribution is 5.89. The van der Waals surface area contributed by atoms with Crippen LogP contribution in [0, 0.1) is 0 Å². The van der Waals surface area contributed by atoms with Crippen LogP contribution in [-0.4, -0.2) is 28.3 Å². The largest absolute Gasteiger partial charge is 0.394 e. The minimum Gasteiger partial charge on any atom is -0.394 e. The molecule has 0 aliphatic carbocycles. The Bertz CT molecular complexity index is 356. The lowest BCUT2D eigenvalue weighted by molar-refractivity contribution is 0.167. The maximum atomic E-state index is 11.7. The summed E-state index contributed by atoms with van der Waals surface area (Å²) < 4.78 is 0. The number of nitrogens with one attached hydrogen (secondary N) is 2. The van der Waals surface area contributed by atoms with Gasteiger partial charge >= 0.3 is 6.03 Å². The Morgan fingerprint density at radius 3 is 2.65 bits per heavy atom. The molecule has 1 heterocycles. The van der Waals surface area contributed by atoms with E-state index >= 15 is 0 Å². The van der Waals surface area contributed by atoms with Gasteiger partial charge in [0.05, 0.1) is 12.1 Å². The summed E-state index contributed by atoms with van der Waals surface area (Å²) in [6.07, 6.45) is 4.83. The first-order chi connectivity index (χ1) is 8.09. The fraction of sp³-hybridized carbons (Fsp3) is 0.500. The number of nitrogens with zero attached hydrogens (tertiary/aromatic N) is 1. The molecule has 1 rings (SSSR count). The van der Waals surface area contributed by atoms with Crippen molar-refractivity contribution in [2.75, 3.05) is 11.9 Å². The van der Waals surface area contributed by atoms with Crippen LogP contribution in [0.3, 0.4) is 0 Å². The molecule has 17 heavy (non-hydrogen) atoms. The molecule has 0 aliphatic rings. The number of urea groups is 1. The van der Waals surface area contributed by atoms with Crippen molar-refractivity contribution in [2.45, 2.75) is 32.2 Å². The summed E-state index contributed by atoms with van der Waals surface area (Å²) in [6.45, 7) is 3.75. The lowest BCUT2D eigenvalue weighted by atomic mass is 9.98. The van der Waals surface area contributed by atoms with E-state index in [-0.39, 0.29) is 12.6 Å². The monoisotopic (exact) mass is 237 g/mol. The van der Waals surface area contributed by atoms with E-state index in [4.69, 9.17) is 0 Å². The predicted octanol–water partition coefficient (Wildman–Crippen LogP) is 1.75. The Labute approximate surface area is 101 Å². The third-order valence-electron chi connectivity index (χ3n) is 2.50. The number of aromatic nitrogens is 1. The molecule has 0 spiro atoms. The number of aliphatic hydroxyl groups excluding tert-OH is 1. The summed E-state index contributed by atoms with van der Waals surface area (Å²) in [5, 5.41) is 14.7. The SMILES string of the molecule is CCCC(C)(CO)NC(=O)Nc1ccncc1. The van der Waals surface area contributed by atoms with Crippen LogP contribution < -0.4 is 10.6 Å². The van der Waals surface area contributed by atoms with Gasteiger partial charge in [-0.1, -0.05) is 13.3 Å². The van der Waals surface area contributed by atoms with Crippen LogP contribution in [0.4, 0.5) is 10.5 Å². The highest BCUT2D eigenvalue weighted by Gasteiger charge is 2.24. The Balaban J connectivity index is 2.54. The molecule has 5 heteroatoms. The average Bonchev–Trinajstić information content (AvgIpc) is 2.30. The molecule has 1 aromatic heterocycles. The van der Waals surface area contributed by atoms with E-state index in [0.717, 1.165) is 12.8 Å². The van der Waals surface area contributed by atoms with Crippen LogP contribution in [-0.2, 0) is 0 Å². The molecule has 94 valence electrons. The summed E-state index contributed by atoms with van der Waals surface area (Å²) in [6, 6.07) is 3.09. The number of amides is 2. The number of hydrogen-bond acceptors (Lipinski definition) is 3. The van der Waals surface area contributed by atoms with E-state index in [1.165, 1.54) is 0 Å². The highest BCUT2D eigenvalue weighted by Crippen LogP contribution is 2.12. The van der Waals surface area contributed by atoms with E-state index in [9.17, 15) is 9.90 Å². The standard InChI is InChI=1S/C12H19N3O2/c1-3-6-12(2,9-16)15-11(17)14-10-4-7-13-8-5-10/h4-5,7-8,16H,3,6,9H2,1-2H3,(H2,13,14,15,17). The number of rotatable bonds is 5. The van der Waals surface area contributed by atoms with Gasteiger partial charge in [0.2, 0.25) is 0 Å². The maximum Gasteiger partial charge on any atom is 0.319 e. The Kier molecular flexibility index (Phi) is 4.90. The average molecular weight is 237 g/mol. The van der Waals surface area contributed by atoms with E-state index in [1.807, 2.05) is 13.8 Å². The van der Waals surface area contributed by atoms with Crippen molar-refractivity contribution in [3.05, 3.63) is 24.5 Å². The van der Waals surface area contributed by atoms with Crippen LogP contribution in [0.2, 0.25) is 0 Å². The van der Waals surface area contributed by atoms with Crippen molar-refractivity contribution >= 4 is 11.7 Å². The number of carbonyl (C=O) groups is 1.